The highest BCUT2D eigenvalue weighted by Gasteiger charge is 2.09. The Morgan fingerprint density at radius 2 is 2.32 bits per heavy atom. The van der Waals surface area contributed by atoms with Gasteiger partial charge in [-0.2, -0.15) is 0 Å². The van der Waals surface area contributed by atoms with Crippen molar-refractivity contribution in [2.45, 2.75) is 13.0 Å². The summed E-state index contributed by atoms with van der Waals surface area (Å²) in [6.07, 6.45) is 1.83. The Balaban J connectivity index is 1.73. The number of nitrogens with zero attached hydrogens (tertiary/aromatic N) is 5. The molecule has 0 aromatic carbocycles. The summed E-state index contributed by atoms with van der Waals surface area (Å²) in [5.41, 5.74) is 0.0278. The van der Waals surface area contributed by atoms with Gasteiger partial charge in [0.15, 0.2) is 5.69 Å². The van der Waals surface area contributed by atoms with Crippen molar-refractivity contribution in [1.29, 1.82) is 0 Å². The maximum Gasteiger partial charge on any atom is 0.355 e. The van der Waals surface area contributed by atoms with Gasteiger partial charge < -0.3 is 10.4 Å². The van der Waals surface area contributed by atoms with Crippen molar-refractivity contribution >= 4 is 23.2 Å². The van der Waals surface area contributed by atoms with Gasteiger partial charge in [0, 0.05) is 18.3 Å². The zero-order valence-electron chi connectivity index (χ0n) is 9.68. The summed E-state index contributed by atoms with van der Waals surface area (Å²) in [5, 5.41) is 23.9. The van der Waals surface area contributed by atoms with Gasteiger partial charge in [0.05, 0.1) is 5.01 Å². The van der Waals surface area contributed by atoms with Gasteiger partial charge in [-0.1, -0.05) is 0 Å². The minimum absolute atomic E-state index is 0.0278. The Hall–Kier alpha value is -2.36. The number of rotatable bonds is 6. The lowest BCUT2D eigenvalue weighted by molar-refractivity contribution is -0.121. The third-order valence-corrected chi connectivity index (χ3v) is 3.04. The number of nitrogens with one attached hydrogen (secondary N) is 1. The van der Waals surface area contributed by atoms with Crippen LogP contribution < -0.4 is 5.32 Å². The van der Waals surface area contributed by atoms with Crippen LogP contribution in [0.25, 0.3) is 0 Å². The fraction of sp³-hybridized carbons (Fsp3) is 0.333. The number of thiazole rings is 1. The van der Waals surface area contributed by atoms with Crippen molar-refractivity contribution < 1.29 is 14.7 Å². The molecule has 2 aromatic heterocycles. The zero-order valence-corrected chi connectivity index (χ0v) is 10.5. The van der Waals surface area contributed by atoms with Gasteiger partial charge in [-0.25, -0.2) is 14.5 Å². The first-order chi connectivity index (χ1) is 9.15. The molecule has 2 aromatic rings. The van der Waals surface area contributed by atoms with Crippen molar-refractivity contribution in [2.24, 2.45) is 0 Å². The number of tetrazole rings is 1. The fourth-order valence-corrected chi connectivity index (χ4v) is 2.06. The number of carboxylic acid groups (broad SMARTS) is 1. The first-order valence-electron chi connectivity index (χ1n) is 5.30. The molecule has 0 saturated heterocycles. The van der Waals surface area contributed by atoms with Gasteiger partial charge in [0.2, 0.25) is 5.91 Å². The largest absolute Gasteiger partial charge is 0.476 e. The number of amides is 1. The number of aromatic nitrogens is 5. The summed E-state index contributed by atoms with van der Waals surface area (Å²) >= 11 is 1.25. The lowest BCUT2D eigenvalue weighted by Gasteiger charge is -2.02. The first-order valence-corrected chi connectivity index (χ1v) is 6.18. The van der Waals surface area contributed by atoms with Crippen LogP contribution in [0.15, 0.2) is 11.7 Å². The van der Waals surface area contributed by atoms with E-state index < -0.39 is 5.97 Å². The van der Waals surface area contributed by atoms with E-state index in [1.807, 2.05) is 0 Å². The SMILES string of the molecule is O=C(Cn1cnnn1)NCCc1nc(C(=O)O)cs1. The molecule has 1 amide bonds. The van der Waals surface area contributed by atoms with Crippen LogP contribution >= 0.6 is 11.3 Å². The smallest absolute Gasteiger partial charge is 0.355 e. The van der Waals surface area contributed by atoms with Crippen LogP contribution in [0.5, 0.6) is 0 Å². The van der Waals surface area contributed by atoms with Gasteiger partial charge in [-0.3, -0.25) is 4.79 Å². The van der Waals surface area contributed by atoms with Gasteiger partial charge in [0.25, 0.3) is 0 Å². The molecule has 0 saturated carbocycles. The molecule has 2 N–H and O–H groups in total. The van der Waals surface area contributed by atoms with Crippen LogP contribution in [-0.2, 0) is 17.8 Å². The Morgan fingerprint density at radius 3 is 2.95 bits per heavy atom. The predicted molar refractivity (Wildman–Crippen MR) is 63.6 cm³/mol. The lowest BCUT2D eigenvalue weighted by atomic mass is 10.4. The number of hydrogen-bond donors (Lipinski definition) is 2. The molecular formula is C9H10N6O3S. The Bertz CT molecular complexity index is 566. The van der Waals surface area contributed by atoms with Crippen LogP contribution in [0.3, 0.4) is 0 Å². The summed E-state index contributed by atoms with van der Waals surface area (Å²) in [4.78, 5) is 26.0. The second-order valence-electron chi connectivity index (χ2n) is 3.54. The van der Waals surface area contributed by atoms with Crippen LogP contribution in [0.1, 0.15) is 15.5 Å². The summed E-state index contributed by atoms with van der Waals surface area (Å²) < 4.78 is 1.31. The number of aromatic carboxylic acids is 1. The van der Waals surface area contributed by atoms with E-state index in [1.165, 1.54) is 27.7 Å². The normalized spacial score (nSPS) is 10.3. The highest BCUT2D eigenvalue weighted by molar-refractivity contribution is 7.09. The zero-order chi connectivity index (χ0) is 13.7. The van der Waals surface area contributed by atoms with Crippen molar-refractivity contribution in [2.75, 3.05) is 6.54 Å². The third-order valence-electron chi connectivity index (χ3n) is 2.13. The van der Waals surface area contributed by atoms with Crippen molar-refractivity contribution in [3.63, 3.8) is 0 Å². The number of carbonyl (C=O) groups is 2. The molecule has 9 nitrogen and oxygen atoms in total. The summed E-state index contributed by atoms with van der Waals surface area (Å²) in [6, 6.07) is 0. The van der Waals surface area contributed by atoms with Gasteiger partial charge in [-0.05, 0) is 10.4 Å². The van der Waals surface area contributed by atoms with E-state index in [1.54, 1.807) is 0 Å². The Labute approximate surface area is 111 Å². The summed E-state index contributed by atoms with van der Waals surface area (Å²) in [5.74, 6) is -1.27. The first kappa shape index (κ1) is 13.1. The van der Waals surface area contributed by atoms with E-state index in [2.05, 4.69) is 25.8 Å². The minimum Gasteiger partial charge on any atom is -0.476 e. The van der Waals surface area contributed by atoms with Gasteiger partial charge >= 0.3 is 5.97 Å². The molecular weight excluding hydrogens is 272 g/mol. The highest BCUT2D eigenvalue weighted by atomic mass is 32.1. The average Bonchev–Trinajstić information content (AvgIpc) is 3.00. The second kappa shape index (κ2) is 6.00. The predicted octanol–water partition coefficient (Wildman–Crippen LogP) is -0.813. The average molecular weight is 282 g/mol. The minimum atomic E-state index is -1.05. The summed E-state index contributed by atoms with van der Waals surface area (Å²) in [6.45, 7) is 0.429. The van der Waals surface area contributed by atoms with E-state index in [0.29, 0.717) is 18.0 Å². The molecule has 0 aliphatic heterocycles. The molecule has 0 atom stereocenters. The molecule has 0 unspecified atom stereocenters. The topological polar surface area (TPSA) is 123 Å². The number of carbonyl (C=O) groups excluding carboxylic acids is 1. The van der Waals surface area contributed by atoms with E-state index in [9.17, 15) is 9.59 Å². The maximum absolute atomic E-state index is 11.5. The third kappa shape index (κ3) is 3.81. The molecule has 100 valence electrons. The molecule has 0 aliphatic carbocycles. The van der Waals surface area contributed by atoms with E-state index in [4.69, 9.17) is 5.11 Å². The Kier molecular flexibility index (Phi) is 4.13. The van der Waals surface area contributed by atoms with Gasteiger partial charge in [0.1, 0.15) is 12.9 Å². The van der Waals surface area contributed by atoms with E-state index >= 15 is 0 Å². The molecule has 0 fully saturated rings. The Morgan fingerprint density at radius 1 is 1.47 bits per heavy atom. The standard InChI is InChI=1S/C9H10N6O3S/c16-7(3-15-5-11-13-14-15)10-2-1-8-12-6(4-19-8)9(17)18/h4-5H,1-3H2,(H,10,16)(H,17,18). The van der Waals surface area contributed by atoms with Crippen LogP contribution in [-0.4, -0.2) is 48.7 Å². The lowest BCUT2D eigenvalue weighted by Crippen LogP contribution is -2.29. The number of hydrogen-bond acceptors (Lipinski definition) is 7. The number of carboxylic acids is 1. The molecule has 0 radical (unpaired) electrons. The molecule has 0 bridgehead atoms. The molecule has 2 heterocycles. The molecule has 10 heteroatoms. The van der Waals surface area contributed by atoms with Crippen molar-refractivity contribution in [3.8, 4) is 0 Å². The van der Waals surface area contributed by atoms with E-state index in [0.717, 1.165) is 0 Å². The van der Waals surface area contributed by atoms with Crippen LogP contribution in [0.2, 0.25) is 0 Å². The molecule has 19 heavy (non-hydrogen) atoms. The molecule has 0 aliphatic rings. The fourth-order valence-electron chi connectivity index (χ4n) is 1.29. The van der Waals surface area contributed by atoms with Crippen molar-refractivity contribution in [3.05, 3.63) is 22.4 Å². The maximum atomic E-state index is 11.5. The van der Waals surface area contributed by atoms with Crippen molar-refractivity contribution in [1.82, 2.24) is 30.5 Å². The molecule has 2 rings (SSSR count). The monoisotopic (exact) mass is 282 g/mol. The second-order valence-corrected chi connectivity index (χ2v) is 4.48. The summed E-state index contributed by atoms with van der Waals surface area (Å²) in [7, 11) is 0. The van der Waals surface area contributed by atoms with Crippen LogP contribution in [0, 0.1) is 0 Å². The van der Waals surface area contributed by atoms with Gasteiger partial charge in [-0.15, -0.1) is 16.4 Å². The molecule has 0 spiro atoms. The van der Waals surface area contributed by atoms with Crippen LogP contribution in [0.4, 0.5) is 0 Å². The quantitative estimate of drug-likeness (QED) is 0.710. The highest BCUT2D eigenvalue weighted by Crippen LogP contribution is 2.09. The van der Waals surface area contributed by atoms with E-state index in [-0.39, 0.29) is 18.1 Å².